The third kappa shape index (κ3) is 1.63. The van der Waals surface area contributed by atoms with Gasteiger partial charge in [-0.3, -0.25) is 15.5 Å². The zero-order valence-electron chi connectivity index (χ0n) is 7.48. The molecule has 74 valence electrons. The Bertz CT molecular complexity index is 357. The third-order valence-electron chi connectivity index (χ3n) is 1.69. The molecule has 0 radical (unpaired) electrons. The minimum Gasteiger partial charge on any atom is -0.490 e. The molecule has 0 amide bonds. The van der Waals surface area contributed by atoms with Gasteiger partial charge in [0.1, 0.15) is 5.84 Å². The molecule has 6 heteroatoms. The van der Waals surface area contributed by atoms with Gasteiger partial charge in [0, 0.05) is 6.07 Å². The maximum Gasteiger partial charge on any atom is 0.311 e. The lowest BCUT2D eigenvalue weighted by Crippen LogP contribution is -2.13. The second-order valence-corrected chi connectivity index (χ2v) is 2.53. The van der Waals surface area contributed by atoms with Gasteiger partial charge in [0.2, 0.25) is 5.75 Å². The Balaban J connectivity index is 3.39. The SMILES string of the molecule is COc1c(C(=N)N)cccc1[N+](=O)[O-]. The van der Waals surface area contributed by atoms with Gasteiger partial charge in [-0.25, -0.2) is 0 Å². The van der Waals surface area contributed by atoms with E-state index in [1.807, 2.05) is 0 Å². The Morgan fingerprint density at radius 2 is 2.29 bits per heavy atom. The summed E-state index contributed by atoms with van der Waals surface area (Å²) in [6, 6.07) is 4.25. The molecule has 1 aromatic rings. The van der Waals surface area contributed by atoms with Crippen molar-refractivity contribution >= 4 is 11.5 Å². The van der Waals surface area contributed by atoms with E-state index >= 15 is 0 Å². The van der Waals surface area contributed by atoms with Crippen molar-refractivity contribution in [1.82, 2.24) is 0 Å². The zero-order chi connectivity index (χ0) is 10.7. The second-order valence-electron chi connectivity index (χ2n) is 2.53. The van der Waals surface area contributed by atoms with Gasteiger partial charge in [-0.1, -0.05) is 6.07 Å². The van der Waals surface area contributed by atoms with Crippen LogP contribution >= 0.6 is 0 Å². The fraction of sp³-hybridized carbons (Fsp3) is 0.125. The minimum absolute atomic E-state index is 0.0185. The van der Waals surface area contributed by atoms with Crippen LogP contribution in [0.4, 0.5) is 5.69 Å². The summed E-state index contributed by atoms with van der Waals surface area (Å²) in [4.78, 5) is 9.99. The molecule has 0 spiro atoms. The van der Waals surface area contributed by atoms with Crippen molar-refractivity contribution in [2.75, 3.05) is 7.11 Å². The number of hydrogen-bond donors (Lipinski definition) is 2. The van der Waals surface area contributed by atoms with Crippen molar-refractivity contribution in [3.8, 4) is 5.75 Å². The van der Waals surface area contributed by atoms with E-state index in [0.717, 1.165) is 0 Å². The number of benzene rings is 1. The Morgan fingerprint density at radius 3 is 2.71 bits per heavy atom. The van der Waals surface area contributed by atoms with Crippen LogP contribution in [0.25, 0.3) is 0 Å². The van der Waals surface area contributed by atoms with E-state index in [1.165, 1.54) is 25.3 Å². The van der Waals surface area contributed by atoms with Crippen molar-refractivity contribution in [3.05, 3.63) is 33.9 Å². The Kier molecular flexibility index (Phi) is 2.66. The molecule has 1 aromatic carbocycles. The highest BCUT2D eigenvalue weighted by atomic mass is 16.6. The molecule has 14 heavy (non-hydrogen) atoms. The molecule has 3 N–H and O–H groups in total. The van der Waals surface area contributed by atoms with Gasteiger partial charge in [-0.15, -0.1) is 0 Å². The Hall–Kier alpha value is -2.11. The van der Waals surface area contributed by atoms with Crippen LogP contribution in [0.3, 0.4) is 0 Å². The van der Waals surface area contributed by atoms with E-state index in [-0.39, 0.29) is 22.8 Å². The highest BCUT2D eigenvalue weighted by Gasteiger charge is 2.19. The summed E-state index contributed by atoms with van der Waals surface area (Å²) >= 11 is 0. The van der Waals surface area contributed by atoms with Crippen LogP contribution in [0.1, 0.15) is 5.56 Å². The lowest BCUT2D eigenvalue weighted by Gasteiger charge is -2.06. The average molecular weight is 195 g/mol. The number of methoxy groups -OCH3 is 1. The molecule has 0 fully saturated rings. The molecule has 0 heterocycles. The molecule has 0 saturated heterocycles. The summed E-state index contributed by atoms with van der Waals surface area (Å²) < 4.78 is 4.84. The van der Waals surface area contributed by atoms with Gasteiger partial charge in [0.15, 0.2) is 0 Å². The fourth-order valence-corrected chi connectivity index (χ4v) is 1.10. The first kappa shape index (κ1) is 9.97. The van der Waals surface area contributed by atoms with E-state index in [9.17, 15) is 10.1 Å². The molecule has 0 bridgehead atoms. The summed E-state index contributed by atoms with van der Waals surface area (Å²) in [5.74, 6) is -0.240. The fourth-order valence-electron chi connectivity index (χ4n) is 1.10. The Morgan fingerprint density at radius 1 is 1.64 bits per heavy atom. The molecule has 0 atom stereocenters. The minimum atomic E-state index is -0.578. The molecule has 6 nitrogen and oxygen atoms in total. The smallest absolute Gasteiger partial charge is 0.311 e. The van der Waals surface area contributed by atoms with Gasteiger partial charge >= 0.3 is 5.69 Å². The van der Waals surface area contributed by atoms with Gasteiger partial charge in [0.25, 0.3) is 0 Å². The molecular weight excluding hydrogens is 186 g/mol. The topological polar surface area (TPSA) is 102 Å². The molecule has 1 rings (SSSR count). The lowest BCUT2D eigenvalue weighted by molar-refractivity contribution is -0.385. The molecular formula is C8H9N3O3. The number of nitrogens with one attached hydrogen (secondary N) is 1. The first-order valence-corrected chi connectivity index (χ1v) is 3.73. The van der Waals surface area contributed by atoms with Crippen molar-refractivity contribution in [3.63, 3.8) is 0 Å². The van der Waals surface area contributed by atoms with Crippen LogP contribution in [0, 0.1) is 15.5 Å². The van der Waals surface area contributed by atoms with Crippen LogP contribution in [-0.2, 0) is 0 Å². The van der Waals surface area contributed by atoms with Gasteiger partial charge in [-0.2, -0.15) is 0 Å². The summed E-state index contributed by atoms with van der Waals surface area (Å²) in [5, 5.41) is 17.8. The van der Waals surface area contributed by atoms with E-state index in [1.54, 1.807) is 0 Å². The van der Waals surface area contributed by atoms with Crippen LogP contribution < -0.4 is 10.5 Å². The van der Waals surface area contributed by atoms with E-state index < -0.39 is 4.92 Å². The Labute approximate surface area is 80.0 Å². The molecule has 0 aromatic heterocycles. The van der Waals surface area contributed by atoms with Crippen molar-refractivity contribution < 1.29 is 9.66 Å². The predicted octanol–water partition coefficient (Wildman–Crippen LogP) is 0.887. The van der Waals surface area contributed by atoms with Crippen LogP contribution in [0.2, 0.25) is 0 Å². The third-order valence-corrected chi connectivity index (χ3v) is 1.69. The number of para-hydroxylation sites is 1. The standard InChI is InChI=1S/C8H9N3O3/c1-14-7-5(8(9)10)3-2-4-6(7)11(12)13/h2-4H,1H3,(H3,9,10). The van der Waals surface area contributed by atoms with Crippen molar-refractivity contribution in [1.29, 1.82) is 5.41 Å². The van der Waals surface area contributed by atoms with E-state index in [2.05, 4.69) is 0 Å². The quantitative estimate of drug-likeness (QED) is 0.323. The summed E-state index contributed by atoms with van der Waals surface area (Å²) in [5.41, 5.74) is 5.27. The van der Waals surface area contributed by atoms with E-state index in [4.69, 9.17) is 15.9 Å². The van der Waals surface area contributed by atoms with Crippen molar-refractivity contribution in [2.45, 2.75) is 0 Å². The summed E-state index contributed by atoms with van der Waals surface area (Å²) in [7, 11) is 1.30. The summed E-state index contributed by atoms with van der Waals surface area (Å²) in [6.45, 7) is 0. The highest BCUT2D eigenvalue weighted by Crippen LogP contribution is 2.29. The van der Waals surface area contributed by atoms with E-state index in [0.29, 0.717) is 0 Å². The number of amidine groups is 1. The zero-order valence-corrected chi connectivity index (χ0v) is 7.48. The molecule has 0 aliphatic rings. The predicted molar refractivity (Wildman–Crippen MR) is 50.7 cm³/mol. The van der Waals surface area contributed by atoms with Gasteiger partial charge in [-0.05, 0) is 6.07 Å². The number of nitrogens with zero attached hydrogens (tertiary/aromatic N) is 1. The summed E-state index contributed by atoms with van der Waals surface area (Å²) in [6.07, 6.45) is 0. The first-order chi connectivity index (χ1) is 6.57. The average Bonchev–Trinajstić information content (AvgIpc) is 2.16. The number of ether oxygens (including phenoxy) is 1. The van der Waals surface area contributed by atoms with Crippen LogP contribution in [0.5, 0.6) is 5.75 Å². The number of nitro benzene ring substituents is 1. The highest BCUT2D eigenvalue weighted by molar-refractivity contribution is 5.98. The number of hydrogen-bond acceptors (Lipinski definition) is 4. The number of nitro groups is 1. The van der Waals surface area contributed by atoms with Gasteiger partial charge in [0.05, 0.1) is 17.6 Å². The maximum absolute atomic E-state index is 10.6. The maximum atomic E-state index is 10.6. The largest absolute Gasteiger partial charge is 0.490 e. The number of nitrogens with two attached hydrogens (primary N) is 1. The second kappa shape index (κ2) is 3.73. The first-order valence-electron chi connectivity index (χ1n) is 3.73. The normalized spacial score (nSPS) is 9.50. The molecule has 0 unspecified atom stereocenters. The molecule has 0 saturated carbocycles. The van der Waals surface area contributed by atoms with Gasteiger partial charge < -0.3 is 10.5 Å². The van der Waals surface area contributed by atoms with Crippen LogP contribution in [-0.4, -0.2) is 17.9 Å². The number of rotatable bonds is 3. The molecule has 0 aliphatic carbocycles. The number of nitrogen functional groups attached to an aromatic ring is 1. The molecule has 0 aliphatic heterocycles. The van der Waals surface area contributed by atoms with Crippen LogP contribution in [0.15, 0.2) is 18.2 Å². The van der Waals surface area contributed by atoms with Crippen molar-refractivity contribution in [2.24, 2.45) is 5.73 Å². The monoisotopic (exact) mass is 195 g/mol. The lowest BCUT2D eigenvalue weighted by atomic mass is 10.1.